The van der Waals surface area contributed by atoms with Crippen LogP contribution in [0.1, 0.15) is 70.9 Å². The highest BCUT2D eigenvalue weighted by atomic mass is 35.5. The van der Waals surface area contributed by atoms with E-state index in [1.165, 1.54) is 26.0 Å². The Labute approximate surface area is 201 Å². The van der Waals surface area contributed by atoms with Gasteiger partial charge in [0.2, 0.25) is 0 Å². The van der Waals surface area contributed by atoms with Gasteiger partial charge in [-0.2, -0.15) is 0 Å². The summed E-state index contributed by atoms with van der Waals surface area (Å²) in [5, 5.41) is 3.16. The van der Waals surface area contributed by atoms with Gasteiger partial charge >= 0.3 is 0 Å². The third kappa shape index (κ3) is 8.78. The van der Waals surface area contributed by atoms with Crippen molar-refractivity contribution in [3.05, 3.63) is 46.4 Å². The molecule has 1 N–H and O–H groups in total. The number of amidine groups is 1. The quantitative estimate of drug-likeness (QED) is 0.0932. The summed E-state index contributed by atoms with van der Waals surface area (Å²) in [5.41, 5.74) is 1.20. The molecule has 0 heterocycles. The molecule has 0 aliphatic carbocycles. The second kappa shape index (κ2) is 15.1. The lowest BCUT2D eigenvalue weighted by Crippen LogP contribution is -2.23. The van der Waals surface area contributed by atoms with Crippen LogP contribution in [0, 0.1) is 11.7 Å². The first-order chi connectivity index (χ1) is 15.7. The summed E-state index contributed by atoms with van der Waals surface area (Å²) in [6.07, 6.45) is 4.11. The Morgan fingerprint density at radius 2 is 1.94 bits per heavy atom. The van der Waals surface area contributed by atoms with Gasteiger partial charge in [-0.05, 0) is 38.8 Å². The summed E-state index contributed by atoms with van der Waals surface area (Å²) in [6.45, 7) is 11.7. The first-order valence-electron chi connectivity index (χ1n) is 11.5. The first-order valence-corrected chi connectivity index (χ1v) is 12.0. The smallest absolute Gasteiger partial charge is 0.278 e. The molecule has 4 nitrogen and oxygen atoms in total. The van der Waals surface area contributed by atoms with Gasteiger partial charge in [-0.15, -0.1) is 11.6 Å². The van der Waals surface area contributed by atoms with Crippen molar-refractivity contribution < 1.29 is 17.9 Å². The number of hydrogen-bond donors (Lipinski definition) is 1. The van der Waals surface area contributed by atoms with E-state index in [2.05, 4.69) is 28.9 Å². The fraction of sp³-hybridized carbons (Fsp3) is 0.600. The van der Waals surface area contributed by atoms with Crippen LogP contribution in [0.15, 0.2) is 39.5 Å². The summed E-state index contributed by atoms with van der Waals surface area (Å²) in [5.74, 6) is -4.87. The largest absolute Gasteiger partial charge is 0.381 e. The number of rotatable bonds is 15. The van der Waals surface area contributed by atoms with Crippen LogP contribution in [-0.4, -0.2) is 31.8 Å². The molecule has 0 radical (unpaired) electrons. The van der Waals surface area contributed by atoms with Crippen molar-refractivity contribution in [1.82, 2.24) is 5.32 Å². The molecule has 1 aromatic carbocycles. The maximum Gasteiger partial charge on any atom is 0.278 e. The van der Waals surface area contributed by atoms with Crippen LogP contribution in [0.2, 0.25) is 0 Å². The van der Waals surface area contributed by atoms with E-state index in [0.717, 1.165) is 49.6 Å². The summed E-state index contributed by atoms with van der Waals surface area (Å²) >= 11 is 5.93. The number of nitrogens with zero attached hydrogens (tertiary/aromatic N) is 2. The Morgan fingerprint density at radius 3 is 2.52 bits per heavy atom. The molecule has 0 atom stereocenters. The molecule has 1 rings (SSSR count). The maximum absolute atomic E-state index is 14.9. The van der Waals surface area contributed by atoms with Gasteiger partial charge in [-0.3, -0.25) is 4.99 Å². The van der Waals surface area contributed by atoms with Crippen LogP contribution >= 0.6 is 11.6 Å². The Bertz CT molecular complexity index is 810. The van der Waals surface area contributed by atoms with Crippen molar-refractivity contribution in [2.24, 2.45) is 15.9 Å². The second-order valence-electron chi connectivity index (χ2n) is 8.04. The number of ether oxygens (including phenoxy) is 1. The average Bonchev–Trinajstić information content (AvgIpc) is 2.79. The monoisotopic (exact) mass is 487 g/mol. The van der Waals surface area contributed by atoms with Gasteiger partial charge in [0.25, 0.3) is 5.92 Å². The number of benzene rings is 1. The zero-order valence-electron chi connectivity index (χ0n) is 20.2. The van der Waals surface area contributed by atoms with Gasteiger partial charge in [0, 0.05) is 36.0 Å². The lowest BCUT2D eigenvalue weighted by molar-refractivity contribution is -0.0544. The van der Waals surface area contributed by atoms with Gasteiger partial charge in [0.05, 0.1) is 18.1 Å². The Morgan fingerprint density at radius 1 is 1.21 bits per heavy atom. The number of alkyl halides is 3. The van der Waals surface area contributed by atoms with Gasteiger partial charge < -0.3 is 10.1 Å². The maximum atomic E-state index is 14.9. The summed E-state index contributed by atoms with van der Waals surface area (Å²) in [6, 6.07) is 4.23. The molecule has 0 unspecified atom stereocenters. The molecule has 186 valence electrons. The standard InChI is InChI=1S/C25H37ClF3N3O/c1-6-14-33-15-9-8-13-22(32-17-26)20(7-2)24(30-5)31-16-19-11-10-12-21(23(19)27)25(28,29)18(3)4/h10-12,18,32H,5-9,13-17H2,1-4H3/b22-20-,31-24?. The summed E-state index contributed by atoms with van der Waals surface area (Å²) in [4.78, 5) is 8.46. The molecule has 1 aromatic rings. The number of halogens is 4. The Balaban J connectivity index is 3.12. The summed E-state index contributed by atoms with van der Waals surface area (Å²) in [7, 11) is 0. The number of allylic oxidation sites excluding steroid dienone is 1. The molecule has 8 heteroatoms. The predicted molar refractivity (Wildman–Crippen MR) is 132 cm³/mol. The number of unbranched alkanes of at least 4 members (excludes halogenated alkanes) is 1. The topological polar surface area (TPSA) is 46.0 Å². The molecule has 0 amide bonds. The summed E-state index contributed by atoms with van der Waals surface area (Å²) < 4.78 is 49.3. The van der Waals surface area contributed by atoms with Crippen LogP contribution in [-0.2, 0) is 17.2 Å². The zero-order valence-corrected chi connectivity index (χ0v) is 21.0. The minimum absolute atomic E-state index is 0.0874. The van der Waals surface area contributed by atoms with Crippen LogP contribution in [0.5, 0.6) is 0 Å². The first kappa shape index (κ1) is 29.2. The molecule has 0 saturated carbocycles. The SMILES string of the molecule is C=NC(=NCc1cccc(C(F)(F)C(C)C)c1F)/C(CC)=C(/CCCCOCCC)NCCl. The number of hydrogen-bond acceptors (Lipinski definition) is 3. The highest BCUT2D eigenvalue weighted by Gasteiger charge is 2.38. The van der Waals surface area contributed by atoms with E-state index in [1.54, 1.807) is 0 Å². The van der Waals surface area contributed by atoms with E-state index in [1.807, 2.05) is 6.92 Å². The predicted octanol–water partition coefficient (Wildman–Crippen LogP) is 7.22. The van der Waals surface area contributed by atoms with Crippen molar-refractivity contribution in [3.8, 4) is 0 Å². The van der Waals surface area contributed by atoms with Crippen LogP contribution in [0.3, 0.4) is 0 Å². The van der Waals surface area contributed by atoms with Gasteiger partial charge in [0.15, 0.2) is 5.84 Å². The average molecular weight is 488 g/mol. The van der Waals surface area contributed by atoms with E-state index in [4.69, 9.17) is 16.3 Å². The molecule has 33 heavy (non-hydrogen) atoms. The van der Waals surface area contributed by atoms with Crippen molar-refractivity contribution in [2.45, 2.75) is 72.3 Å². The molecular formula is C25H37ClF3N3O. The zero-order chi connectivity index (χ0) is 24.9. The highest BCUT2D eigenvalue weighted by molar-refractivity contribution is 6.17. The molecular weight excluding hydrogens is 451 g/mol. The van der Waals surface area contributed by atoms with Crippen molar-refractivity contribution in [3.63, 3.8) is 0 Å². The van der Waals surface area contributed by atoms with Crippen molar-refractivity contribution in [2.75, 3.05) is 19.2 Å². The lowest BCUT2D eigenvalue weighted by Gasteiger charge is -2.22. The van der Waals surface area contributed by atoms with Crippen LogP contribution in [0.4, 0.5) is 13.2 Å². The molecule has 0 bridgehead atoms. The molecule has 0 spiro atoms. The minimum atomic E-state index is -3.27. The van der Waals surface area contributed by atoms with Gasteiger partial charge in [-0.25, -0.2) is 18.2 Å². The molecule has 0 aromatic heterocycles. The molecule has 0 aliphatic rings. The van der Waals surface area contributed by atoms with Crippen molar-refractivity contribution >= 4 is 24.2 Å². The Kier molecular flexibility index (Phi) is 13.4. The van der Waals surface area contributed by atoms with Crippen molar-refractivity contribution in [1.29, 1.82) is 0 Å². The molecule has 0 fully saturated rings. The van der Waals surface area contributed by atoms with E-state index >= 15 is 0 Å². The third-order valence-corrected chi connectivity index (χ3v) is 5.43. The Hall–Kier alpha value is -1.86. The van der Waals surface area contributed by atoms with E-state index in [-0.39, 0.29) is 18.1 Å². The normalized spacial score (nSPS) is 13.3. The fourth-order valence-corrected chi connectivity index (χ4v) is 3.52. The highest BCUT2D eigenvalue weighted by Crippen LogP contribution is 2.37. The van der Waals surface area contributed by atoms with Crippen LogP contribution < -0.4 is 5.32 Å². The second-order valence-corrected chi connectivity index (χ2v) is 8.31. The number of aliphatic imine (C=N–C) groups is 2. The molecule has 0 saturated heterocycles. The van der Waals surface area contributed by atoms with Crippen LogP contribution in [0.25, 0.3) is 0 Å². The molecule has 0 aliphatic heterocycles. The lowest BCUT2D eigenvalue weighted by atomic mass is 9.95. The van der Waals surface area contributed by atoms with E-state index < -0.39 is 23.2 Å². The minimum Gasteiger partial charge on any atom is -0.381 e. The van der Waals surface area contributed by atoms with Gasteiger partial charge in [-0.1, -0.05) is 45.9 Å². The van der Waals surface area contributed by atoms with E-state index in [9.17, 15) is 13.2 Å². The van der Waals surface area contributed by atoms with E-state index in [0.29, 0.717) is 18.9 Å². The van der Waals surface area contributed by atoms with Gasteiger partial charge in [0.1, 0.15) is 5.82 Å². The third-order valence-electron chi connectivity index (χ3n) is 5.29. The number of nitrogens with one attached hydrogen (secondary N) is 1. The fourth-order valence-electron chi connectivity index (χ4n) is 3.36.